The molecular weight excluding hydrogens is 238 g/mol. The molecular formula is C11H15N3O2S. The van der Waals surface area contributed by atoms with Gasteiger partial charge in [0.15, 0.2) is 5.58 Å². The monoisotopic (exact) mass is 253 g/mol. The number of fused-ring (bicyclic) bond motifs is 1. The van der Waals surface area contributed by atoms with Crippen LogP contribution in [0, 0.1) is 0 Å². The maximum Gasteiger partial charge on any atom is 0.417 e. The summed E-state index contributed by atoms with van der Waals surface area (Å²) < 4.78 is 4.93. The van der Waals surface area contributed by atoms with Crippen LogP contribution in [0.4, 0.5) is 11.4 Å². The van der Waals surface area contributed by atoms with Gasteiger partial charge >= 0.3 is 5.76 Å². The van der Waals surface area contributed by atoms with Crippen molar-refractivity contribution in [1.82, 2.24) is 4.98 Å². The van der Waals surface area contributed by atoms with Crippen molar-refractivity contribution in [3.8, 4) is 0 Å². The Labute approximate surface area is 103 Å². The number of nitrogens with one attached hydrogen (secondary N) is 2. The second kappa shape index (κ2) is 4.75. The molecule has 0 amide bonds. The minimum absolute atomic E-state index is 0.464. The van der Waals surface area contributed by atoms with Crippen LogP contribution in [0.2, 0.25) is 0 Å². The lowest BCUT2D eigenvalue weighted by atomic mass is 10.2. The van der Waals surface area contributed by atoms with Crippen LogP contribution in [-0.2, 0) is 0 Å². The van der Waals surface area contributed by atoms with Gasteiger partial charge in [-0.3, -0.25) is 4.98 Å². The Balaban J connectivity index is 2.27. The summed E-state index contributed by atoms with van der Waals surface area (Å²) in [6.45, 7) is 2.95. The van der Waals surface area contributed by atoms with Gasteiger partial charge in [-0.15, -0.1) is 0 Å². The Bertz CT molecular complexity index is 576. The van der Waals surface area contributed by atoms with Crippen LogP contribution in [0.25, 0.3) is 11.1 Å². The largest absolute Gasteiger partial charge is 0.417 e. The van der Waals surface area contributed by atoms with E-state index in [1.807, 2.05) is 0 Å². The van der Waals surface area contributed by atoms with Crippen molar-refractivity contribution in [1.29, 1.82) is 0 Å². The minimum Gasteiger partial charge on any atom is -0.408 e. The lowest BCUT2D eigenvalue weighted by Crippen LogP contribution is -2.13. The average Bonchev–Trinajstić information content (AvgIpc) is 2.64. The number of anilines is 2. The van der Waals surface area contributed by atoms with E-state index in [4.69, 9.17) is 10.2 Å². The van der Waals surface area contributed by atoms with Crippen LogP contribution in [0.3, 0.4) is 0 Å². The molecule has 17 heavy (non-hydrogen) atoms. The minimum atomic E-state index is -0.464. The maximum atomic E-state index is 11.0. The van der Waals surface area contributed by atoms with E-state index < -0.39 is 5.76 Å². The van der Waals surface area contributed by atoms with Crippen LogP contribution in [0.1, 0.15) is 6.92 Å². The van der Waals surface area contributed by atoms with Crippen molar-refractivity contribution in [2.75, 3.05) is 23.9 Å². The van der Waals surface area contributed by atoms with E-state index in [1.54, 1.807) is 23.9 Å². The van der Waals surface area contributed by atoms with Gasteiger partial charge in [-0.1, -0.05) is 6.92 Å². The first kappa shape index (κ1) is 11.9. The first-order chi connectivity index (χ1) is 8.10. The third-order valence-corrected chi connectivity index (χ3v) is 3.54. The molecule has 0 fully saturated rings. The van der Waals surface area contributed by atoms with Crippen LogP contribution < -0.4 is 16.8 Å². The number of benzene rings is 1. The quantitative estimate of drug-likeness (QED) is 0.724. The average molecular weight is 253 g/mol. The third-order valence-electron chi connectivity index (χ3n) is 2.57. The van der Waals surface area contributed by atoms with Crippen LogP contribution in [0.15, 0.2) is 21.3 Å². The summed E-state index contributed by atoms with van der Waals surface area (Å²) in [5.74, 6) is -0.464. The number of thioether (sulfide) groups is 1. The number of H-pyrrole nitrogens is 1. The van der Waals surface area contributed by atoms with Gasteiger partial charge in [-0.05, 0) is 12.3 Å². The standard InChI is InChI=1S/C11H15N3O2S/c1-6(17-2)5-13-8-4-9-10(3-7(8)12)16-11(15)14-9/h3-4,6,13H,5,12H2,1-2H3,(H,14,15). The fraction of sp³-hybridized carbons (Fsp3) is 0.364. The van der Waals surface area contributed by atoms with E-state index in [9.17, 15) is 4.79 Å². The molecule has 0 spiro atoms. The first-order valence-corrected chi connectivity index (χ1v) is 6.58. The van der Waals surface area contributed by atoms with Gasteiger partial charge in [0.1, 0.15) is 0 Å². The molecule has 1 aromatic carbocycles. The summed E-state index contributed by atoms with van der Waals surface area (Å²) in [5, 5.41) is 3.75. The summed E-state index contributed by atoms with van der Waals surface area (Å²) in [6, 6.07) is 3.45. The molecule has 1 aromatic heterocycles. The zero-order chi connectivity index (χ0) is 12.4. The summed E-state index contributed by atoms with van der Waals surface area (Å²) in [7, 11) is 0. The van der Waals surface area contributed by atoms with Crippen molar-refractivity contribution in [3.05, 3.63) is 22.7 Å². The second-order valence-corrected chi connectivity index (χ2v) is 5.15. The highest BCUT2D eigenvalue weighted by Gasteiger charge is 2.07. The fourth-order valence-corrected chi connectivity index (χ4v) is 1.75. The molecule has 92 valence electrons. The zero-order valence-corrected chi connectivity index (χ0v) is 10.6. The van der Waals surface area contributed by atoms with E-state index in [1.165, 1.54) is 0 Å². The number of hydrogen-bond donors (Lipinski definition) is 3. The molecule has 5 nitrogen and oxygen atoms in total. The third kappa shape index (κ3) is 2.58. The van der Waals surface area contributed by atoms with E-state index in [0.29, 0.717) is 22.0 Å². The summed E-state index contributed by atoms with van der Waals surface area (Å²) in [5.41, 5.74) is 8.41. The molecule has 0 aliphatic heterocycles. The lowest BCUT2D eigenvalue weighted by Gasteiger charge is -2.12. The smallest absolute Gasteiger partial charge is 0.408 e. The number of oxazole rings is 1. The van der Waals surface area contributed by atoms with Crippen molar-refractivity contribution in [2.24, 2.45) is 0 Å². The molecule has 0 saturated heterocycles. The molecule has 1 atom stereocenters. The van der Waals surface area contributed by atoms with Crippen molar-refractivity contribution in [2.45, 2.75) is 12.2 Å². The molecule has 1 unspecified atom stereocenters. The van der Waals surface area contributed by atoms with E-state index in [-0.39, 0.29) is 0 Å². The highest BCUT2D eigenvalue weighted by Crippen LogP contribution is 2.24. The van der Waals surface area contributed by atoms with E-state index >= 15 is 0 Å². The zero-order valence-electron chi connectivity index (χ0n) is 9.74. The van der Waals surface area contributed by atoms with Gasteiger partial charge in [0, 0.05) is 17.9 Å². The maximum absolute atomic E-state index is 11.0. The Morgan fingerprint density at radius 1 is 1.59 bits per heavy atom. The molecule has 4 N–H and O–H groups in total. The molecule has 0 aliphatic rings. The topological polar surface area (TPSA) is 84.0 Å². The summed E-state index contributed by atoms with van der Waals surface area (Å²) in [6.07, 6.45) is 2.06. The van der Waals surface area contributed by atoms with Crippen molar-refractivity contribution < 1.29 is 4.42 Å². The molecule has 2 aromatic rings. The van der Waals surface area contributed by atoms with Crippen LogP contribution in [-0.4, -0.2) is 23.0 Å². The van der Waals surface area contributed by atoms with Crippen LogP contribution >= 0.6 is 11.8 Å². The fourth-order valence-electron chi connectivity index (χ4n) is 1.50. The molecule has 0 aliphatic carbocycles. The Morgan fingerprint density at radius 3 is 3.06 bits per heavy atom. The molecule has 0 radical (unpaired) electrons. The Morgan fingerprint density at radius 2 is 2.35 bits per heavy atom. The van der Waals surface area contributed by atoms with E-state index in [0.717, 1.165) is 12.2 Å². The number of aromatic amines is 1. The number of rotatable bonds is 4. The number of nitrogens with two attached hydrogens (primary N) is 1. The molecule has 0 saturated carbocycles. The Kier molecular flexibility index (Phi) is 3.33. The highest BCUT2D eigenvalue weighted by molar-refractivity contribution is 7.99. The van der Waals surface area contributed by atoms with Gasteiger partial charge in [0.25, 0.3) is 0 Å². The van der Waals surface area contributed by atoms with Gasteiger partial charge in [0.2, 0.25) is 0 Å². The molecule has 1 heterocycles. The van der Waals surface area contributed by atoms with E-state index in [2.05, 4.69) is 23.5 Å². The number of aromatic nitrogens is 1. The van der Waals surface area contributed by atoms with Gasteiger partial charge in [-0.25, -0.2) is 4.79 Å². The Hall–Kier alpha value is -1.56. The highest BCUT2D eigenvalue weighted by atomic mass is 32.2. The molecule has 2 rings (SSSR count). The predicted octanol–water partition coefficient (Wildman–Crippen LogP) is 1.87. The SMILES string of the molecule is CSC(C)CNc1cc2[nH]c(=O)oc2cc1N. The van der Waals surface area contributed by atoms with Crippen molar-refractivity contribution >= 4 is 34.2 Å². The van der Waals surface area contributed by atoms with Gasteiger partial charge in [-0.2, -0.15) is 11.8 Å². The first-order valence-electron chi connectivity index (χ1n) is 5.29. The summed E-state index contributed by atoms with van der Waals surface area (Å²) in [4.78, 5) is 13.6. The lowest BCUT2D eigenvalue weighted by molar-refractivity contribution is 0.555. The predicted molar refractivity (Wildman–Crippen MR) is 72.7 cm³/mol. The van der Waals surface area contributed by atoms with Crippen molar-refractivity contribution in [3.63, 3.8) is 0 Å². The van der Waals surface area contributed by atoms with Gasteiger partial charge in [0.05, 0.1) is 16.9 Å². The summed E-state index contributed by atoms with van der Waals surface area (Å²) >= 11 is 1.78. The second-order valence-electron chi connectivity index (χ2n) is 3.88. The number of hydrogen-bond acceptors (Lipinski definition) is 5. The van der Waals surface area contributed by atoms with Gasteiger partial charge < -0.3 is 15.5 Å². The van der Waals surface area contributed by atoms with Crippen LogP contribution in [0.5, 0.6) is 0 Å². The normalized spacial score (nSPS) is 12.8. The number of nitrogen functional groups attached to an aromatic ring is 1. The molecule has 6 heteroatoms. The molecule has 0 bridgehead atoms.